The number of carbonyl (C=O) groups excluding carboxylic acids is 2. The highest BCUT2D eigenvalue weighted by atomic mass is 16.7. The van der Waals surface area contributed by atoms with Crippen LogP contribution in [0, 0.1) is 0 Å². The molecular weight excluding hydrogens is 352 g/mol. The molecule has 4 rings (SSSR count). The average Bonchev–Trinajstić information content (AvgIpc) is 2.97. The zero-order chi connectivity index (χ0) is 20.0. The Morgan fingerprint density at radius 3 is 2.29 bits per heavy atom. The molecule has 140 valence electrons. The summed E-state index contributed by atoms with van der Waals surface area (Å²) in [7, 11) is 2.03. The van der Waals surface area contributed by atoms with E-state index in [9.17, 15) is 9.59 Å². The highest BCUT2D eigenvalue weighted by Gasteiger charge is 2.16. The molecular formula is C23H20N2O3. The van der Waals surface area contributed by atoms with Gasteiger partial charge in [-0.2, -0.15) is 0 Å². The molecule has 0 aliphatic rings. The summed E-state index contributed by atoms with van der Waals surface area (Å²) in [4.78, 5) is 28.1. The van der Waals surface area contributed by atoms with Crippen LogP contribution in [0.4, 0.5) is 0 Å². The van der Waals surface area contributed by atoms with Gasteiger partial charge in [-0.05, 0) is 43.0 Å². The fourth-order valence-electron chi connectivity index (χ4n) is 3.79. The van der Waals surface area contributed by atoms with Gasteiger partial charge >= 0.3 is 5.97 Å². The quantitative estimate of drug-likeness (QED) is 0.221. The Bertz CT molecular complexity index is 1310. The standard InChI is InChI=1S/C23H20N2O3/c1-13(24-28-15(3)27)16-9-10-22-20(11-16)21-12-19(14(2)26)17-7-5-6-8-18(17)23(21)25(22)4/h5-12H,1-4H3/b24-13-. The SMILES string of the molecule is CC(=O)O/N=C(/C)c1ccc2c(c1)c1cc(C(C)=O)c3ccccc3c1n2C. The van der Waals surface area contributed by atoms with E-state index in [2.05, 4.69) is 15.8 Å². The highest BCUT2D eigenvalue weighted by Crippen LogP contribution is 2.36. The van der Waals surface area contributed by atoms with Crippen LogP contribution < -0.4 is 0 Å². The van der Waals surface area contributed by atoms with Crippen LogP contribution in [0.1, 0.15) is 36.7 Å². The maximum absolute atomic E-state index is 12.3. The molecule has 5 nitrogen and oxygen atoms in total. The van der Waals surface area contributed by atoms with Crippen molar-refractivity contribution in [2.45, 2.75) is 20.8 Å². The molecule has 0 aliphatic heterocycles. The summed E-state index contributed by atoms with van der Waals surface area (Å²) in [5, 5.41) is 7.95. The van der Waals surface area contributed by atoms with Crippen molar-refractivity contribution in [1.82, 2.24) is 4.57 Å². The summed E-state index contributed by atoms with van der Waals surface area (Å²) in [6.45, 7) is 4.71. The van der Waals surface area contributed by atoms with Gasteiger partial charge in [0.05, 0.1) is 11.2 Å². The average molecular weight is 372 g/mol. The first-order valence-corrected chi connectivity index (χ1v) is 9.06. The molecule has 0 saturated heterocycles. The van der Waals surface area contributed by atoms with Gasteiger partial charge in [-0.1, -0.05) is 35.5 Å². The Kier molecular flexibility index (Phi) is 4.23. The van der Waals surface area contributed by atoms with Gasteiger partial charge in [0.15, 0.2) is 5.78 Å². The van der Waals surface area contributed by atoms with Crippen molar-refractivity contribution < 1.29 is 14.4 Å². The lowest BCUT2D eigenvalue weighted by Crippen LogP contribution is -1.99. The minimum Gasteiger partial charge on any atom is -0.343 e. The zero-order valence-electron chi connectivity index (χ0n) is 16.2. The Hall–Kier alpha value is -3.47. The van der Waals surface area contributed by atoms with Gasteiger partial charge in [0.2, 0.25) is 0 Å². The Morgan fingerprint density at radius 2 is 1.61 bits per heavy atom. The number of oxime groups is 1. The van der Waals surface area contributed by atoms with E-state index in [0.29, 0.717) is 11.3 Å². The van der Waals surface area contributed by atoms with Gasteiger partial charge in [-0.25, -0.2) is 4.79 Å². The Morgan fingerprint density at radius 1 is 0.893 bits per heavy atom. The van der Waals surface area contributed by atoms with E-state index in [0.717, 1.165) is 38.1 Å². The van der Waals surface area contributed by atoms with Gasteiger partial charge in [0, 0.05) is 41.2 Å². The van der Waals surface area contributed by atoms with E-state index >= 15 is 0 Å². The summed E-state index contributed by atoms with van der Waals surface area (Å²) >= 11 is 0. The van der Waals surface area contributed by atoms with Crippen molar-refractivity contribution in [2.24, 2.45) is 12.2 Å². The number of rotatable bonds is 3. The lowest BCUT2D eigenvalue weighted by molar-refractivity contribution is -0.140. The molecule has 4 aromatic rings. The first-order chi connectivity index (χ1) is 13.4. The number of fused-ring (bicyclic) bond motifs is 5. The number of benzene rings is 3. The van der Waals surface area contributed by atoms with E-state index in [1.807, 2.05) is 49.5 Å². The minimum atomic E-state index is -0.455. The van der Waals surface area contributed by atoms with E-state index in [1.54, 1.807) is 13.8 Å². The summed E-state index contributed by atoms with van der Waals surface area (Å²) in [5.41, 5.74) is 4.33. The number of ketones is 1. The van der Waals surface area contributed by atoms with Crippen molar-refractivity contribution in [3.8, 4) is 0 Å². The van der Waals surface area contributed by atoms with Gasteiger partial charge < -0.3 is 9.40 Å². The van der Waals surface area contributed by atoms with Crippen LogP contribution in [0.2, 0.25) is 0 Å². The van der Waals surface area contributed by atoms with Gasteiger partial charge in [0.25, 0.3) is 0 Å². The van der Waals surface area contributed by atoms with Crippen LogP contribution in [0.25, 0.3) is 32.6 Å². The summed E-state index contributed by atoms with van der Waals surface area (Å²) in [6.07, 6.45) is 0. The fraction of sp³-hybridized carbons (Fsp3) is 0.174. The predicted molar refractivity (Wildman–Crippen MR) is 112 cm³/mol. The van der Waals surface area contributed by atoms with Crippen molar-refractivity contribution in [3.05, 3.63) is 59.7 Å². The van der Waals surface area contributed by atoms with Gasteiger partial charge in [0.1, 0.15) is 0 Å². The summed E-state index contributed by atoms with van der Waals surface area (Å²) < 4.78 is 2.15. The van der Waals surface area contributed by atoms with Crippen LogP contribution in [0.5, 0.6) is 0 Å². The van der Waals surface area contributed by atoms with Crippen molar-refractivity contribution in [1.29, 1.82) is 0 Å². The molecule has 1 heterocycles. The number of nitrogens with zero attached hydrogens (tertiary/aromatic N) is 2. The summed E-state index contributed by atoms with van der Waals surface area (Å²) in [6, 6.07) is 16.0. The maximum Gasteiger partial charge on any atom is 0.331 e. The molecule has 28 heavy (non-hydrogen) atoms. The second kappa shape index (κ2) is 6.60. The van der Waals surface area contributed by atoms with Crippen LogP contribution in [-0.4, -0.2) is 22.0 Å². The number of aryl methyl sites for hydroxylation is 1. The third-order valence-electron chi connectivity index (χ3n) is 5.11. The monoisotopic (exact) mass is 372 g/mol. The Labute approximate surface area is 162 Å². The topological polar surface area (TPSA) is 60.7 Å². The van der Waals surface area contributed by atoms with Gasteiger partial charge in [-0.15, -0.1) is 0 Å². The Balaban J connectivity index is 2.07. The third kappa shape index (κ3) is 2.76. The number of carbonyl (C=O) groups is 2. The largest absolute Gasteiger partial charge is 0.343 e. The number of hydrogen-bond donors (Lipinski definition) is 0. The van der Waals surface area contributed by atoms with Crippen LogP contribution >= 0.6 is 0 Å². The van der Waals surface area contributed by atoms with Gasteiger partial charge in [-0.3, -0.25) is 4.79 Å². The highest BCUT2D eigenvalue weighted by molar-refractivity contribution is 6.23. The van der Waals surface area contributed by atoms with Crippen LogP contribution in [-0.2, 0) is 16.7 Å². The molecule has 0 bridgehead atoms. The third-order valence-corrected chi connectivity index (χ3v) is 5.11. The minimum absolute atomic E-state index is 0.0406. The molecule has 5 heteroatoms. The van der Waals surface area contributed by atoms with E-state index in [1.165, 1.54) is 6.92 Å². The van der Waals surface area contributed by atoms with Crippen LogP contribution in [0.15, 0.2) is 53.7 Å². The van der Waals surface area contributed by atoms with E-state index in [-0.39, 0.29) is 5.78 Å². The number of hydrogen-bond acceptors (Lipinski definition) is 4. The zero-order valence-corrected chi connectivity index (χ0v) is 16.2. The molecule has 0 fully saturated rings. The first kappa shape index (κ1) is 17.9. The molecule has 1 aromatic heterocycles. The smallest absolute Gasteiger partial charge is 0.331 e. The molecule has 0 spiro atoms. The molecule has 0 saturated carbocycles. The normalized spacial score (nSPS) is 12.1. The van der Waals surface area contributed by atoms with Crippen molar-refractivity contribution in [3.63, 3.8) is 0 Å². The fourth-order valence-corrected chi connectivity index (χ4v) is 3.79. The predicted octanol–water partition coefficient (Wildman–Crippen LogP) is 4.97. The molecule has 0 N–H and O–H groups in total. The molecule has 0 radical (unpaired) electrons. The second-order valence-corrected chi connectivity index (χ2v) is 6.97. The van der Waals surface area contributed by atoms with E-state index < -0.39 is 5.97 Å². The maximum atomic E-state index is 12.3. The lowest BCUT2D eigenvalue weighted by atomic mass is 9.97. The lowest BCUT2D eigenvalue weighted by Gasteiger charge is -2.07. The molecule has 0 atom stereocenters. The molecule has 0 unspecified atom stereocenters. The molecule has 0 amide bonds. The van der Waals surface area contributed by atoms with Crippen LogP contribution in [0.3, 0.4) is 0 Å². The molecule has 0 aliphatic carbocycles. The van der Waals surface area contributed by atoms with E-state index in [4.69, 9.17) is 4.84 Å². The molecule has 3 aromatic carbocycles. The number of aromatic nitrogens is 1. The first-order valence-electron chi connectivity index (χ1n) is 9.06. The second-order valence-electron chi connectivity index (χ2n) is 6.97. The van der Waals surface area contributed by atoms with Crippen molar-refractivity contribution >= 4 is 50.0 Å². The van der Waals surface area contributed by atoms with Crippen molar-refractivity contribution in [2.75, 3.05) is 0 Å². The number of Topliss-reactive ketones (excluding diaryl/α,β-unsaturated/α-hetero) is 1. The summed E-state index contributed by atoms with van der Waals surface area (Å²) in [5.74, 6) is -0.415.